The summed E-state index contributed by atoms with van der Waals surface area (Å²) in [5.74, 6) is 1.66. The number of amides is 1. The number of hydrogen-bond donors (Lipinski definition) is 0. The maximum Gasteiger partial charge on any atom is 0.265 e. The fraction of sp³-hybridized carbons (Fsp3) is 0.474. The molecule has 0 unspecified atom stereocenters. The van der Waals surface area contributed by atoms with Crippen LogP contribution in [0, 0.1) is 0 Å². The number of thiazole rings is 1. The molecule has 1 saturated heterocycles. The van der Waals surface area contributed by atoms with Gasteiger partial charge in [0.15, 0.2) is 16.6 Å². The Bertz CT molecular complexity index is 830. The highest BCUT2D eigenvalue weighted by Crippen LogP contribution is 2.35. The lowest BCUT2D eigenvalue weighted by molar-refractivity contribution is 0.0832. The van der Waals surface area contributed by atoms with Gasteiger partial charge in [0.05, 0.1) is 6.20 Å². The first-order chi connectivity index (χ1) is 13.0. The average Bonchev–Trinajstić information content (AvgIpc) is 3.35. The molecule has 2 aromatic rings. The smallest absolute Gasteiger partial charge is 0.265 e. The van der Waals surface area contributed by atoms with E-state index in [2.05, 4.69) is 33.8 Å². The molecule has 27 heavy (non-hydrogen) atoms. The number of piperazine rings is 1. The minimum absolute atomic E-state index is 0.00816. The third-order valence-electron chi connectivity index (χ3n) is 5.12. The second-order valence-corrected chi connectivity index (χ2v) is 8.03. The normalized spacial score (nSPS) is 17.8. The molecule has 0 saturated carbocycles. The van der Waals surface area contributed by atoms with Gasteiger partial charge in [0, 0.05) is 46.3 Å². The molecule has 0 spiro atoms. The monoisotopic (exact) mass is 388 g/mol. The van der Waals surface area contributed by atoms with Crippen LogP contribution in [0.5, 0.6) is 11.5 Å². The van der Waals surface area contributed by atoms with Gasteiger partial charge in [-0.05, 0) is 24.6 Å². The quantitative estimate of drug-likeness (QED) is 0.802. The summed E-state index contributed by atoms with van der Waals surface area (Å²) in [4.78, 5) is 23.5. The van der Waals surface area contributed by atoms with E-state index in [0.29, 0.717) is 17.7 Å². The van der Waals surface area contributed by atoms with Crippen molar-refractivity contribution in [3.63, 3.8) is 0 Å². The maximum absolute atomic E-state index is 12.1. The van der Waals surface area contributed by atoms with Gasteiger partial charge < -0.3 is 19.3 Å². The van der Waals surface area contributed by atoms with Crippen molar-refractivity contribution in [2.24, 2.45) is 0 Å². The Morgan fingerprint density at radius 2 is 1.93 bits per heavy atom. The van der Waals surface area contributed by atoms with Crippen LogP contribution < -0.4 is 14.4 Å². The van der Waals surface area contributed by atoms with Crippen LogP contribution in [0.15, 0.2) is 24.4 Å². The van der Waals surface area contributed by atoms with E-state index in [0.717, 1.165) is 42.8 Å². The van der Waals surface area contributed by atoms with Crippen molar-refractivity contribution in [1.82, 2.24) is 14.8 Å². The zero-order chi connectivity index (χ0) is 19.0. The number of carbonyl (C=O) groups excluding carboxylic acids is 1. The predicted molar refractivity (Wildman–Crippen MR) is 105 cm³/mol. The highest BCUT2D eigenvalue weighted by Gasteiger charge is 2.25. The number of fused-ring (bicyclic) bond motifs is 1. The number of carbonyl (C=O) groups is 1. The first-order valence-electron chi connectivity index (χ1n) is 9.09. The molecule has 8 heteroatoms. The Labute approximate surface area is 163 Å². The van der Waals surface area contributed by atoms with Crippen LogP contribution in [-0.4, -0.2) is 67.8 Å². The van der Waals surface area contributed by atoms with Crippen molar-refractivity contribution in [3.8, 4) is 11.5 Å². The lowest BCUT2D eigenvalue weighted by Gasteiger charge is -2.38. The zero-order valence-corrected chi connectivity index (χ0v) is 16.7. The van der Waals surface area contributed by atoms with Gasteiger partial charge in [-0.3, -0.25) is 9.69 Å². The highest BCUT2D eigenvalue weighted by molar-refractivity contribution is 7.17. The van der Waals surface area contributed by atoms with Crippen LogP contribution >= 0.6 is 11.3 Å². The minimum Gasteiger partial charge on any atom is -0.454 e. The molecule has 2 aliphatic heterocycles. The van der Waals surface area contributed by atoms with E-state index in [1.54, 1.807) is 25.2 Å². The number of hydrogen-bond acceptors (Lipinski definition) is 7. The Morgan fingerprint density at radius 3 is 2.67 bits per heavy atom. The lowest BCUT2D eigenvalue weighted by atomic mass is 10.1. The molecule has 0 bridgehead atoms. The second-order valence-electron chi connectivity index (χ2n) is 7.02. The van der Waals surface area contributed by atoms with Crippen LogP contribution in [-0.2, 0) is 0 Å². The van der Waals surface area contributed by atoms with Gasteiger partial charge in [0.1, 0.15) is 4.88 Å². The fourth-order valence-corrected chi connectivity index (χ4v) is 4.40. The molecule has 0 radical (unpaired) electrons. The molecular formula is C19H24N4O3S. The Balaban J connectivity index is 1.38. The first kappa shape index (κ1) is 18.1. The van der Waals surface area contributed by atoms with Crippen LogP contribution in [0.25, 0.3) is 0 Å². The lowest BCUT2D eigenvalue weighted by Crippen LogP contribution is -2.47. The van der Waals surface area contributed by atoms with E-state index in [9.17, 15) is 4.79 Å². The third kappa shape index (κ3) is 3.59. The van der Waals surface area contributed by atoms with E-state index in [4.69, 9.17) is 9.47 Å². The van der Waals surface area contributed by atoms with Gasteiger partial charge in [-0.2, -0.15) is 0 Å². The second kappa shape index (κ2) is 7.36. The van der Waals surface area contributed by atoms with Crippen molar-refractivity contribution in [2.45, 2.75) is 13.0 Å². The van der Waals surface area contributed by atoms with E-state index >= 15 is 0 Å². The predicted octanol–water partition coefficient (Wildman–Crippen LogP) is 2.46. The summed E-state index contributed by atoms with van der Waals surface area (Å²) in [5, 5.41) is 0.926. The van der Waals surface area contributed by atoms with Gasteiger partial charge in [-0.1, -0.05) is 17.4 Å². The number of benzene rings is 1. The number of nitrogens with zero attached hydrogens (tertiary/aromatic N) is 4. The molecule has 1 atom stereocenters. The van der Waals surface area contributed by atoms with Crippen molar-refractivity contribution >= 4 is 22.4 Å². The average molecular weight is 388 g/mol. The molecule has 0 aliphatic carbocycles. The largest absolute Gasteiger partial charge is 0.454 e. The molecule has 144 valence electrons. The Morgan fingerprint density at radius 1 is 1.19 bits per heavy atom. The van der Waals surface area contributed by atoms with E-state index in [1.807, 2.05) is 6.07 Å². The summed E-state index contributed by atoms with van der Waals surface area (Å²) in [6, 6.07) is 6.50. The van der Waals surface area contributed by atoms with E-state index in [1.165, 1.54) is 16.9 Å². The molecule has 1 fully saturated rings. The number of anilines is 1. The molecule has 3 heterocycles. The summed E-state index contributed by atoms with van der Waals surface area (Å²) in [6.07, 6.45) is 1.68. The molecule has 1 aromatic heterocycles. The van der Waals surface area contributed by atoms with Crippen molar-refractivity contribution in [2.75, 3.05) is 52.0 Å². The number of rotatable bonds is 4. The molecule has 1 amide bonds. The molecule has 0 N–H and O–H groups in total. The third-order valence-corrected chi connectivity index (χ3v) is 6.17. The maximum atomic E-state index is 12.1. The first-order valence-corrected chi connectivity index (χ1v) is 9.90. The van der Waals surface area contributed by atoms with Crippen LogP contribution in [0.4, 0.5) is 5.13 Å². The number of aromatic nitrogens is 1. The van der Waals surface area contributed by atoms with Gasteiger partial charge in [0.2, 0.25) is 6.79 Å². The van der Waals surface area contributed by atoms with Gasteiger partial charge in [-0.25, -0.2) is 4.98 Å². The standard InChI is InChI=1S/C19H24N4O3S/c1-13(14-4-5-15-16(10-14)26-12-25-15)22-6-8-23(9-7-22)19-20-11-17(27-19)18(24)21(2)3/h4-5,10-11,13H,6-9,12H2,1-3H3/t13-/m1/s1. The Kier molecular flexibility index (Phi) is 4.92. The summed E-state index contributed by atoms with van der Waals surface area (Å²) in [6.45, 7) is 6.23. The van der Waals surface area contributed by atoms with E-state index < -0.39 is 0 Å². The van der Waals surface area contributed by atoms with Gasteiger partial charge in [-0.15, -0.1) is 0 Å². The highest BCUT2D eigenvalue weighted by atomic mass is 32.1. The Hall–Kier alpha value is -2.32. The van der Waals surface area contributed by atoms with Crippen molar-refractivity contribution < 1.29 is 14.3 Å². The van der Waals surface area contributed by atoms with Crippen LogP contribution in [0.1, 0.15) is 28.2 Å². The van der Waals surface area contributed by atoms with Gasteiger partial charge in [0.25, 0.3) is 5.91 Å². The minimum atomic E-state index is 0.00816. The van der Waals surface area contributed by atoms with Gasteiger partial charge >= 0.3 is 0 Å². The molecule has 7 nitrogen and oxygen atoms in total. The van der Waals surface area contributed by atoms with Crippen molar-refractivity contribution in [1.29, 1.82) is 0 Å². The van der Waals surface area contributed by atoms with Crippen LogP contribution in [0.2, 0.25) is 0 Å². The van der Waals surface area contributed by atoms with Crippen molar-refractivity contribution in [3.05, 3.63) is 34.8 Å². The summed E-state index contributed by atoms with van der Waals surface area (Å²) in [7, 11) is 3.52. The summed E-state index contributed by atoms with van der Waals surface area (Å²) < 4.78 is 10.9. The molecule has 4 rings (SSSR count). The summed E-state index contributed by atoms with van der Waals surface area (Å²) >= 11 is 1.47. The fourth-order valence-electron chi connectivity index (χ4n) is 3.41. The van der Waals surface area contributed by atoms with E-state index in [-0.39, 0.29) is 5.91 Å². The SMILES string of the molecule is C[C@H](c1ccc2c(c1)OCO2)N1CCN(c2ncc(C(=O)N(C)C)s2)CC1. The molecule has 1 aromatic carbocycles. The van der Waals surface area contributed by atoms with Crippen LogP contribution in [0.3, 0.4) is 0 Å². The zero-order valence-electron chi connectivity index (χ0n) is 15.8. The number of ether oxygens (including phenoxy) is 2. The molecule has 2 aliphatic rings. The summed E-state index contributed by atoms with van der Waals surface area (Å²) in [5.41, 5.74) is 1.24. The topological polar surface area (TPSA) is 58.1 Å². The molecular weight excluding hydrogens is 364 g/mol.